The molecule has 0 aliphatic carbocycles. The molecule has 2 fully saturated rings. The lowest BCUT2D eigenvalue weighted by Gasteiger charge is -2.41. The Morgan fingerprint density at radius 3 is 2.38 bits per heavy atom. The van der Waals surface area contributed by atoms with Gasteiger partial charge in [0, 0.05) is 18.6 Å². The lowest BCUT2D eigenvalue weighted by Crippen LogP contribution is -2.50. The molecule has 2 rings (SSSR count). The average molecular weight is 187 g/mol. The Labute approximate surface area is 78.7 Å². The second kappa shape index (κ2) is 3.21. The molecule has 0 amide bonds. The van der Waals surface area contributed by atoms with Crippen molar-refractivity contribution in [1.29, 1.82) is 0 Å². The van der Waals surface area contributed by atoms with E-state index in [4.69, 9.17) is 0 Å². The van der Waals surface area contributed by atoms with E-state index in [9.17, 15) is 9.50 Å². The summed E-state index contributed by atoms with van der Waals surface area (Å²) in [6.45, 7) is 2.21. The van der Waals surface area contributed by atoms with Gasteiger partial charge in [0.1, 0.15) is 6.67 Å². The van der Waals surface area contributed by atoms with Crippen molar-refractivity contribution < 1.29 is 9.50 Å². The summed E-state index contributed by atoms with van der Waals surface area (Å²) in [4.78, 5) is 2.25. The van der Waals surface area contributed by atoms with Crippen LogP contribution in [0.15, 0.2) is 0 Å². The van der Waals surface area contributed by atoms with E-state index in [0.717, 1.165) is 25.7 Å². The molecular formula is C10H18FNO. The molecule has 2 heterocycles. The number of hydrogen-bond acceptors (Lipinski definition) is 2. The molecule has 76 valence electrons. The normalized spacial score (nSPS) is 45.5. The Morgan fingerprint density at radius 2 is 1.92 bits per heavy atom. The van der Waals surface area contributed by atoms with Crippen LogP contribution >= 0.6 is 0 Å². The maximum atomic E-state index is 12.2. The third-order valence-electron chi connectivity index (χ3n) is 3.46. The van der Waals surface area contributed by atoms with Crippen molar-refractivity contribution in [2.75, 3.05) is 13.2 Å². The van der Waals surface area contributed by atoms with Crippen LogP contribution in [0.4, 0.5) is 4.39 Å². The summed E-state index contributed by atoms with van der Waals surface area (Å²) in [7, 11) is 0. The molecule has 0 saturated carbocycles. The van der Waals surface area contributed by atoms with E-state index >= 15 is 0 Å². The summed E-state index contributed by atoms with van der Waals surface area (Å²) in [6.07, 6.45) is 3.93. The van der Waals surface area contributed by atoms with E-state index in [1.807, 2.05) is 6.92 Å². The van der Waals surface area contributed by atoms with E-state index in [-0.39, 0.29) is 6.67 Å². The van der Waals surface area contributed by atoms with Gasteiger partial charge in [0.15, 0.2) is 0 Å². The zero-order valence-corrected chi connectivity index (χ0v) is 8.17. The highest BCUT2D eigenvalue weighted by molar-refractivity contribution is 4.99. The summed E-state index contributed by atoms with van der Waals surface area (Å²) in [5.74, 6) is 0. The SMILES string of the molecule is CC1(O)CC2CCC(C1)N2CCF. The molecule has 3 heteroatoms. The smallest absolute Gasteiger partial charge is 0.102 e. The fourth-order valence-corrected chi connectivity index (χ4v) is 3.01. The van der Waals surface area contributed by atoms with E-state index in [1.54, 1.807) is 0 Å². The zero-order chi connectivity index (χ0) is 9.47. The van der Waals surface area contributed by atoms with E-state index in [1.165, 1.54) is 0 Å². The van der Waals surface area contributed by atoms with Gasteiger partial charge in [-0.3, -0.25) is 4.90 Å². The molecule has 2 aliphatic heterocycles. The number of fused-ring (bicyclic) bond motifs is 2. The van der Waals surface area contributed by atoms with Crippen molar-refractivity contribution in [3.8, 4) is 0 Å². The van der Waals surface area contributed by atoms with Gasteiger partial charge in [-0.1, -0.05) is 0 Å². The minimum atomic E-state index is -0.501. The van der Waals surface area contributed by atoms with Crippen LogP contribution in [0.25, 0.3) is 0 Å². The third kappa shape index (κ3) is 1.72. The van der Waals surface area contributed by atoms with E-state index in [2.05, 4.69) is 4.90 Å². The molecule has 2 atom stereocenters. The monoisotopic (exact) mass is 187 g/mol. The summed E-state index contributed by atoms with van der Waals surface area (Å²) < 4.78 is 12.2. The molecule has 0 aromatic rings. The Morgan fingerprint density at radius 1 is 1.38 bits per heavy atom. The van der Waals surface area contributed by atoms with Crippen molar-refractivity contribution in [2.45, 2.75) is 50.3 Å². The van der Waals surface area contributed by atoms with Gasteiger partial charge in [-0.2, -0.15) is 0 Å². The fraction of sp³-hybridized carbons (Fsp3) is 1.00. The summed E-state index contributed by atoms with van der Waals surface area (Å²) >= 11 is 0. The number of piperidine rings is 1. The van der Waals surface area contributed by atoms with Crippen LogP contribution in [0.2, 0.25) is 0 Å². The average Bonchev–Trinajstić information content (AvgIpc) is 2.31. The van der Waals surface area contributed by atoms with Gasteiger partial charge in [-0.25, -0.2) is 4.39 Å². The van der Waals surface area contributed by atoms with Crippen LogP contribution in [0.3, 0.4) is 0 Å². The van der Waals surface area contributed by atoms with Gasteiger partial charge in [-0.05, 0) is 32.6 Å². The van der Waals surface area contributed by atoms with Gasteiger partial charge in [0.05, 0.1) is 5.60 Å². The van der Waals surface area contributed by atoms with Gasteiger partial charge >= 0.3 is 0 Å². The van der Waals surface area contributed by atoms with Crippen LogP contribution in [-0.2, 0) is 0 Å². The highest BCUT2D eigenvalue weighted by atomic mass is 19.1. The first kappa shape index (κ1) is 9.41. The molecule has 0 spiro atoms. The first-order chi connectivity index (χ1) is 6.12. The topological polar surface area (TPSA) is 23.5 Å². The second-order valence-electron chi connectivity index (χ2n) is 4.72. The largest absolute Gasteiger partial charge is 0.390 e. The van der Waals surface area contributed by atoms with Crippen molar-refractivity contribution >= 4 is 0 Å². The van der Waals surface area contributed by atoms with Gasteiger partial charge in [-0.15, -0.1) is 0 Å². The van der Waals surface area contributed by atoms with Crippen LogP contribution in [0, 0.1) is 0 Å². The van der Waals surface area contributed by atoms with Crippen molar-refractivity contribution in [3.05, 3.63) is 0 Å². The van der Waals surface area contributed by atoms with Gasteiger partial charge in [0.25, 0.3) is 0 Å². The zero-order valence-electron chi connectivity index (χ0n) is 8.17. The van der Waals surface area contributed by atoms with Crippen molar-refractivity contribution in [1.82, 2.24) is 4.90 Å². The quantitative estimate of drug-likeness (QED) is 0.705. The molecule has 0 aromatic heterocycles. The van der Waals surface area contributed by atoms with E-state index < -0.39 is 5.60 Å². The Hall–Kier alpha value is -0.150. The first-order valence-corrected chi connectivity index (χ1v) is 5.16. The molecule has 1 N–H and O–H groups in total. The maximum Gasteiger partial charge on any atom is 0.102 e. The van der Waals surface area contributed by atoms with Crippen molar-refractivity contribution in [2.24, 2.45) is 0 Å². The van der Waals surface area contributed by atoms with Crippen LogP contribution < -0.4 is 0 Å². The van der Waals surface area contributed by atoms with Crippen LogP contribution in [0.1, 0.15) is 32.6 Å². The first-order valence-electron chi connectivity index (χ1n) is 5.16. The number of aliphatic hydroxyl groups is 1. The van der Waals surface area contributed by atoms with Gasteiger partial charge < -0.3 is 5.11 Å². The standard InChI is InChI=1S/C10H18FNO/c1-10(13)6-8-2-3-9(7-10)12(8)5-4-11/h8-9,13H,2-7H2,1H3. The minimum absolute atomic E-state index is 0.255. The molecule has 2 bridgehead atoms. The summed E-state index contributed by atoms with van der Waals surface area (Å²) in [6, 6.07) is 0.869. The lowest BCUT2D eigenvalue weighted by molar-refractivity contribution is -0.0395. The lowest BCUT2D eigenvalue weighted by atomic mass is 9.88. The highest BCUT2D eigenvalue weighted by Gasteiger charge is 2.44. The van der Waals surface area contributed by atoms with Crippen LogP contribution in [-0.4, -0.2) is 40.9 Å². The number of hydrogen-bond donors (Lipinski definition) is 1. The third-order valence-corrected chi connectivity index (χ3v) is 3.46. The van der Waals surface area contributed by atoms with Crippen molar-refractivity contribution in [3.63, 3.8) is 0 Å². The molecule has 0 aromatic carbocycles. The fourth-order valence-electron chi connectivity index (χ4n) is 3.01. The Kier molecular flexibility index (Phi) is 2.32. The molecule has 2 aliphatic rings. The summed E-state index contributed by atoms with van der Waals surface area (Å²) in [5, 5.41) is 9.92. The minimum Gasteiger partial charge on any atom is -0.390 e. The number of alkyl halides is 1. The molecule has 2 unspecified atom stereocenters. The number of rotatable bonds is 2. The Bertz CT molecular complexity index is 179. The molecular weight excluding hydrogens is 169 g/mol. The molecule has 2 nitrogen and oxygen atoms in total. The maximum absolute atomic E-state index is 12.2. The predicted octanol–water partition coefficient (Wildman–Crippen LogP) is 1.33. The Balaban J connectivity index is 2.04. The summed E-state index contributed by atoms with van der Waals surface area (Å²) in [5.41, 5.74) is -0.501. The molecule has 2 saturated heterocycles. The van der Waals surface area contributed by atoms with E-state index in [0.29, 0.717) is 18.6 Å². The highest BCUT2D eigenvalue weighted by Crippen LogP contribution is 2.40. The van der Waals surface area contributed by atoms with Crippen LogP contribution in [0.5, 0.6) is 0 Å². The number of nitrogens with zero attached hydrogens (tertiary/aromatic N) is 1. The van der Waals surface area contributed by atoms with Gasteiger partial charge in [0.2, 0.25) is 0 Å². The number of halogens is 1. The molecule has 0 radical (unpaired) electrons. The predicted molar refractivity (Wildman–Crippen MR) is 49.3 cm³/mol. The molecule has 13 heavy (non-hydrogen) atoms. The second-order valence-corrected chi connectivity index (χ2v) is 4.72.